The van der Waals surface area contributed by atoms with Gasteiger partial charge in [0.15, 0.2) is 0 Å². The average molecular weight is 359 g/mol. The SMILES string of the molecule is C[C@H](C(=O)O)N1CCN([C@H](C)C(=O)O)CC(C)(N(C)[C@@H](C)C(=O)O)C1. The first-order chi connectivity index (χ1) is 11.4. The Morgan fingerprint density at radius 2 is 1.24 bits per heavy atom. The number of rotatable bonds is 7. The van der Waals surface area contributed by atoms with E-state index in [1.165, 1.54) is 0 Å². The van der Waals surface area contributed by atoms with Gasteiger partial charge >= 0.3 is 17.9 Å². The van der Waals surface area contributed by atoms with Gasteiger partial charge in [-0.1, -0.05) is 0 Å². The van der Waals surface area contributed by atoms with Gasteiger partial charge in [0.05, 0.1) is 0 Å². The molecule has 9 heteroatoms. The van der Waals surface area contributed by atoms with Crippen LogP contribution in [0.25, 0.3) is 0 Å². The maximum Gasteiger partial charge on any atom is 0.320 e. The second-order valence-electron chi connectivity index (χ2n) is 7.09. The molecule has 1 rings (SSSR count). The van der Waals surface area contributed by atoms with Gasteiger partial charge in [-0.25, -0.2) is 0 Å². The van der Waals surface area contributed by atoms with Crippen molar-refractivity contribution >= 4 is 17.9 Å². The van der Waals surface area contributed by atoms with E-state index in [1.807, 2.05) is 6.92 Å². The molecule has 9 nitrogen and oxygen atoms in total. The van der Waals surface area contributed by atoms with E-state index in [0.717, 1.165) is 0 Å². The van der Waals surface area contributed by atoms with Crippen molar-refractivity contribution in [3.63, 3.8) is 0 Å². The molecule has 144 valence electrons. The van der Waals surface area contributed by atoms with Crippen molar-refractivity contribution in [1.82, 2.24) is 14.7 Å². The number of hydrogen-bond donors (Lipinski definition) is 3. The fourth-order valence-corrected chi connectivity index (χ4v) is 3.17. The smallest absolute Gasteiger partial charge is 0.320 e. The summed E-state index contributed by atoms with van der Waals surface area (Å²) < 4.78 is 0. The predicted octanol–water partition coefficient (Wildman–Crippen LogP) is -0.286. The van der Waals surface area contributed by atoms with E-state index in [9.17, 15) is 29.7 Å². The fraction of sp³-hybridized carbons (Fsp3) is 0.812. The highest BCUT2D eigenvalue weighted by molar-refractivity contribution is 5.74. The largest absolute Gasteiger partial charge is 0.480 e. The molecule has 0 saturated carbocycles. The predicted molar refractivity (Wildman–Crippen MR) is 90.6 cm³/mol. The van der Waals surface area contributed by atoms with Crippen molar-refractivity contribution in [3.05, 3.63) is 0 Å². The van der Waals surface area contributed by atoms with Crippen LogP contribution in [0.15, 0.2) is 0 Å². The Morgan fingerprint density at radius 3 is 1.52 bits per heavy atom. The average Bonchev–Trinajstić information content (AvgIpc) is 2.71. The Hall–Kier alpha value is -1.71. The van der Waals surface area contributed by atoms with Crippen LogP contribution in [0.5, 0.6) is 0 Å². The van der Waals surface area contributed by atoms with Crippen LogP contribution in [-0.4, -0.2) is 105 Å². The standard InChI is InChI=1S/C16H29N3O6/c1-10(13(20)21)17(5)16(4)8-18(11(2)14(22)23)6-7-19(9-16)12(3)15(24)25/h10-12H,6-9H2,1-5H3,(H,20,21)(H,22,23)(H,24,25)/t10-,11+,12+/m0/s1. The van der Waals surface area contributed by atoms with Gasteiger partial charge in [-0.05, 0) is 34.7 Å². The van der Waals surface area contributed by atoms with Crippen LogP contribution in [0.1, 0.15) is 27.7 Å². The van der Waals surface area contributed by atoms with Crippen LogP contribution in [0, 0.1) is 0 Å². The quantitative estimate of drug-likeness (QED) is 0.563. The summed E-state index contributed by atoms with van der Waals surface area (Å²) in [7, 11) is 1.68. The second-order valence-corrected chi connectivity index (χ2v) is 7.09. The second kappa shape index (κ2) is 8.11. The van der Waals surface area contributed by atoms with E-state index in [4.69, 9.17) is 0 Å². The van der Waals surface area contributed by atoms with E-state index < -0.39 is 41.6 Å². The van der Waals surface area contributed by atoms with Crippen LogP contribution >= 0.6 is 0 Å². The van der Waals surface area contributed by atoms with Crippen LogP contribution in [0.2, 0.25) is 0 Å². The number of carboxylic acids is 3. The van der Waals surface area contributed by atoms with Crippen molar-refractivity contribution < 1.29 is 29.7 Å². The lowest BCUT2D eigenvalue weighted by molar-refractivity contribution is -0.148. The maximum absolute atomic E-state index is 11.4. The third kappa shape index (κ3) is 4.90. The van der Waals surface area contributed by atoms with Gasteiger partial charge in [0, 0.05) is 31.7 Å². The van der Waals surface area contributed by atoms with E-state index in [1.54, 1.807) is 42.5 Å². The third-order valence-corrected chi connectivity index (χ3v) is 5.36. The minimum Gasteiger partial charge on any atom is -0.480 e. The molecule has 0 spiro atoms. The molecule has 0 aromatic carbocycles. The molecule has 25 heavy (non-hydrogen) atoms. The highest BCUT2D eigenvalue weighted by Crippen LogP contribution is 2.25. The van der Waals surface area contributed by atoms with Gasteiger partial charge in [-0.3, -0.25) is 29.1 Å². The Kier molecular flexibility index (Phi) is 6.92. The minimum absolute atomic E-state index is 0.331. The Balaban J connectivity index is 3.20. The number of nitrogens with zero attached hydrogens (tertiary/aromatic N) is 3. The first kappa shape index (κ1) is 21.3. The van der Waals surface area contributed by atoms with Crippen molar-refractivity contribution in [2.45, 2.75) is 51.4 Å². The van der Waals surface area contributed by atoms with Crippen LogP contribution < -0.4 is 0 Å². The lowest BCUT2D eigenvalue weighted by Gasteiger charge is -2.44. The Bertz CT molecular complexity index is 496. The number of aliphatic carboxylic acids is 3. The van der Waals surface area contributed by atoms with E-state index >= 15 is 0 Å². The molecule has 0 bridgehead atoms. The zero-order valence-corrected chi connectivity index (χ0v) is 15.5. The van der Waals surface area contributed by atoms with Crippen molar-refractivity contribution in [1.29, 1.82) is 0 Å². The summed E-state index contributed by atoms with van der Waals surface area (Å²) in [6.07, 6.45) is 0. The first-order valence-corrected chi connectivity index (χ1v) is 8.30. The van der Waals surface area contributed by atoms with Gasteiger partial charge in [0.1, 0.15) is 18.1 Å². The van der Waals surface area contributed by atoms with E-state index in [-0.39, 0.29) is 0 Å². The number of carboxylic acid groups (broad SMARTS) is 3. The van der Waals surface area contributed by atoms with Crippen molar-refractivity contribution in [3.8, 4) is 0 Å². The third-order valence-electron chi connectivity index (χ3n) is 5.36. The van der Waals surface area contributed by atoms with Gasteiger partial charge < -0.3 is 15.3 Å². The summed E-state index contributed by atoms with van der Waals surface area (Å²) in [5.74, 6) is -2.91. The van der Waals surface area contributed by atoms with Crippen LogP contribution in [-0.2, 0) is 14.4 Å². The number of carbonyl (C=O) groups is 3. The highest BCUT2D eigenvalue weighted by Gasteiger charge is 2.43. The normalized spacial score (nSPS) is 22.8. The van der Waals surface area contributed by atoms with Crippen molar-refractivity contribution in [2.75, 3.05) is 33.2 Å². The molecule has 1 saturated heterocycles. The monoisotopic (exact) mass is 359 g/mol. The molecule has 1 aliphatic rings. The molecule has 0 aromatic heterocycles. The van der Waals surface area contributed by atoms with Gasteiger partial charge in [0.2, 0.25) is 0 Å². The zero-order valence-electron chi connectivity index (χ0n) is 15.5. The van der Waals surface area contributed by atoms with Crippen LogP contribution in [0.4, 0.5) is 0 Å². The molecule has 0 aliphatic carbocycles. The topological polar surface area (TPSA) is 122 Å². The molecule has 0 unspecified atom stereocenters. The van der Waals surface area contributed by atoms with Gasteiger partial charge in [-0.15, -0.1) is 0 Å². The molecule has 1 aliphatic heterocycles. The molecule has 0 amide bonds. The molecule has 0 radical (unpaired) electrons. The lowest BCUT2D eigenvalue weighted by Crippen LogP contribution is -2.61. The molecular formula is C16H29N3O6. The van der Waals surface area contributed by atoms with Crippen molar-refractivity contribution in [2.24, 2.45) is 0 Å². The van der Waals surface area contributed by atoms with Crippen LogP contribution in [0.3, 0.4) is 0 Å². The van der Waals surface area contributed by atoms with E-state index in [2.05, 4.69) is 0 Å². The Morgan fingerprint density at radius 1 is 0.880 bits per heavy atom. The maximum atomic E-state index is 11.4. The first-order valence-electron chi connectivity index (χ1n) is 8.30. The summed E-state index contributed by atoms with van der Waals surface area (Å²) in [5.41, 5.74) is -0.721. The molecule has 1 fully saturated rings. The molecule has 3 N–H and O–H groups in total. The summed E-state index contributed by atoms with van der Waals surface area (Å²) in [4.78, 5) is 39.4. The summed E-state index contributed by atoms with van der Waals surface area (Å²) in [6.45, 7) is 8.04. The molecule has 3 atom stereocenters. The van der Waals surface area contributed by atoms with Gasteiger partial charge in [-0.2, -0.15) is 0 Å². The lowest BCUT2D eigenvalue weighted by atomic mass is 9.96. The number of likely N-dealkylation sites (N-methyl/N-ethyl adjacent to an activating group) is 1. The summed E-state index contributed by atoms with van der Waals surface area (Å²) in [5, 5.41) is 28.0. The summed E-state index contributed by atoms with van der Waals surface area (Å²) in [6, 6.07) is -2.27. The molecule has 0 aromatic rings. The molecular weight excluding hydrogens is 330 g/mol. The van der Waals surface area contributed by atoms with E-state index in [0.29, 0.717) is 26.2 Å². The highest BCUT2D eigenvalue weighted by atomic mass is 16.4. The summed E-state index contributed by atoms with van der Waals surface area (Å²) >= 11 is 0. The fourth-order valence-electron chi connectivity index (χ4n) is 3.17. The molecule has 1 heterocycles. The number of hydrogen-bond acceptors (Lipinski definition) is 6. The Labute approximate surface area is 147 Å². The minimum atomic E-state index is -0.983. The van der Waals surface area contributed by atoms with Gasteiger partial charge in [0.25, 0.3) is 0 Å². The zero-order chi connectivity index (χ0) is 19.5.